The molecule has 24 heavy (non-hydrogen) atoms. The third kappa shape index (κ3) is 2.53. The van der Waals surface area contributed by atoms with Gasteiger partial charge in [-0.1, -0.05) is 24.3 Å². The second kappa shape index (κ2) is 6.17. The van der Waals surface area contributed by atoms with Crippen LogP contribution in [0.3, 0.4) is 0 Å². The molecular weight excluding hydrogens is 304 g/mol. The number of aromatic nitrogens is 3. The van der Waals surface area contributed by atoms with Crippen molar-refractivity contribution in [1.82, 2.24) is 14.4 Å². The lowest BCUT2D eigenvalue weighted by Crippen LogP contribution is -2.03. The summed E-state index contributed by atoms with van der Waals surface area (Å²) in [6.07, 6.45) is 7.03. The Labute approximate surface area is 138 Å². The number of nitrogens with one attached hydrogen (secondary N) is 1. The fourth-order valence-electron chi connectivity index (χ4n) is 2.74. The first-order chi connectivity index (χ1) is 11.9. The van der Waals surface area contributed by atoms with Gasteiger partial charge in [0.1, 0.15) is 5.76 Å². The van der Waals surface area contributed by atoms with Gasteiger partial charge in [0.05, 0.1) is 31.3 Å². The fraction of sp³-hybridized carbons (Fsp3) is 0.111. The van der Waals surface area contributed by atoms with Crippen molar-refractivity contribution in [2.24, 2.45) is 0 Å². The van der Waals surface area contributed by atoms with Crippen LogP contribution in [0.4, 0.5) is 5.82 Å². The van der Waals surface area contributed by atoms with E-state index in [1.54, 1.807) is 18.7 Å². The van der Waals surface area contributed by atoms with E-state index >= 15 is 0 Å². The van der Waals surface area contributed by atoms with Gasteiger partial charge in [0.25, 0.3) is 0 Å². The van der Waals surface area contributed by atoms with E-state index < -0.39 is 0 Å². The molecule has 0 fully saturated rings. The minimum absolute atomic E-state index is 0.0158. The van der Waals surface area contributed by atoms with Crippen LogP contribution in [0.5, 0.6) is 0 Å². The number of nitrogens with zero attached hydrogens (tertiary/aromatic N) is 3. The molecule has 4 aromatic rings. The first-order valence-electron chi connectivity index (χ1n) is 7.64. The van der Waals surface area contributed by atoms with Crippen LogP contribution in [-0.2, 0) is 13.2 Å². The molecule has 0 atom stereocenters. The maximum atomic E-state index is 9.57. The van der Waals surface area contributed by atoms with Gasteiger partial charge in [0.2, 0.25) is 0 Å². The Kier molecular flexibility index (Phi) is 3.72. The lowest BCUT2D eigenvalue weighted by Gasteiger charge is -2.08. The lowest BCUT2D eigenvalue weighted by atomic mass is 10.1. The zero-order valence-corrected chi connectivity index (χ0v) is 12.9. The summed E-state index contributed by atoms with van der Waals surface area (Å²) in [6, 6.07) is 11.5. The second-order valence-corrected chi connectivity index (χ2v) is 5.36. The molecule has 0 radical (unpaired) electrons. The van der Waals surface area contributed by atoms with Crippen LogP contribution in [0.1, 0.15) is 11.3 Å². The van der Waals surface area contributed by atoms with Crippen LogP contribution in [0.2, 0.25) is 0 Å². The summed E-state index contributed by atoms with van der Waals surface area (Å²) in [5, 5.41) is 12.8. The topological polar surface area (TPSA) is 75.6 Å². The third-order valence-electron chi connectivity index (χ3n) is 3.90. The molecule has 6 nitrogen and oxygen atoms in total. The Balaban J connectivity index is 1.73. The van der Waals surface area contributed by atoms with Gasteiger partial charge in [0.15, 0.2) is 11.5 Å². The highest BCUT2D eigenvalue weighted by atomic mass is 16.3. The summed E-state index contributed by atoms with van der Waals surface area (Å²) in [5.74, 6) is 1.51. The van der Waals surface area contributed by atoms with Gasteiger partial charge in [-0.15, -0.1) is 0 Å². The Morgan fingerprint density at radius 1 is 1.12 bits per heavy atom. The van der Waals surface area contributed by atoms with Crippen LogP contribution in [0.15, 0.2) is 65.7 Å². The fourth-order valence-corrected chi connectivity index (χ4v) is 2.74. The van der Waals surface area contributed by atoms with Crippen LogP contribution in [-0.4, -0.2) is 19.5 Å². The van der Waals surface area contributed by atoms with Gasteiger partial charge in [-0.25, -0.2) is 9.97 Å². The number of aliphatic hydroxyl groups excluding tert-OH is 1. The number of fused-ring (bicyclic) bond motifs is 1. The van der Waals surface area contributed by atoms with Crippen molar-refractivity contribution in [3.8, 4) is 11.3 Å². The van der Waals surface area contributed by atoms with Gasteiger partial charge in [0, 0.05) is 18.0 Å². The van der Waals surface area contributed by atoms with Crippen molar-refractivity contribution >= 4 is 11.5 Å². The van der Waals surface area contributed by atoms with Crippen molar-refractivity contribution in [1.29, 1.82) is 0 Å². The predicted molar refractivity (Wildman–Crippen MR) is 90.4 cm³/mol. The first-order valence-corrected chi connectivity index (χ1v) is 7.64. The van der Waals surface area contributed by atoms with Crippen LogP contribution < -0.4 is 5.32 Å². The van der Waals surface area contributed by atoms with E-state index in [4.69, 9.17) is 4.42 Å². The molecule has 0 aliphatic carbocycles. The molecule has 1 aromatic carbocycles. The molecular formula is C18H16N4O2. The molecule has 6 heteroatoms. The minimum Gasteiger partial charge on any atom is -0.467 e. The van der Waals surface area contributed by atoms with Crippen molar-refractivity contribution < 1.29 is 9.52 Å². The van der Waals surface area contributed by atoms with Crippen LogP contribution in [0, 0.1) is 0 Å². The molecule has 0 spiro atoms. The van der Waals surface area contributed by atoms with Crippen molar-refractivity contribution in [2.75, 3.05) is 5.32 Å². The number of aliphatic hydroxyl groups is 1. The zero-order chi connectivity index (χ0) is 16.4. The highest BCUT2D eigenvalue weighted by Gasteiger charge is 2.12. The summed E-state index contributed by atoms with van der Waals surface area (Å²) in [7, 11) is 0. The normalized spacial score (nSPS) is 11.0. The Bertz CT molecular complexity index is 960. The molecule has 0 saturated heterocycles. The quantitative estimate of drug-likeness (QED) is 0.591. The number of imidazole rings is 1. The number of furan rings is 1. The first kappa shape index (κ1) is 14.5. The molecule has 0 saturated carbocycles. The highest BCUT2D eigenvalue weighted by Crippen LogP contribution is 2.26. The standard InChI is InChI=1S/C18H16N4O2/c23-12-13-4-1-2-6-15(13)16-11-21-18-17(19-7-8-22(16)18)20-10-14-5-3-9-24-14/h1-9,11,23H,10,12H2,(H,19,20). The lowest BCUT2D eigenvalue weighted by molar-refractivity contribution is 0.282. The molecule has 0 amide bonds. The third-order valence-corrected chi connectivity index (χ3v) is 3.90. The summed E-state index contributed by atoms with van der Waals surface area (Å²) in [4.78, 5) is 8.87. The Morgan fingerprint density at radius 3 is 2.88 bits per heavy atom. The van der Waals surface area contributed by atoms with E-state index in [0.717, 1.165) is 28.2 Å². The smallest absolute Gasteiger partial charge is 0.180 e. The molecule has 0 aliphatic rings. The molecule has 2 N–H and O–H groups in total. The maximum absolute atomic E-state index is 9.57. The molecule has 0 unspecified atom stereocenters. The maximum Gasteiger partial charge on any atom is 0.180 e. The summed E-state index contributed by atoms with van der Waals surface area (Å²) < 4.78 is 7.29. The van der Waals surface area contributed by atoms with E-state index in [1.165, 1.54) is 0 Å². The summed E-state index contributed by atoms with van der Waals surface area (Å²) in [6.45, 7) is 0.521. The number of benzene rings is 1. The second-order valence-electron chi connectivity index (χ2n) is 5.36. The molecule has 0 aliphatic heterocycles. The molecule has 3 aromatic heterocycles. The van der Waals surface area contributed by atoms with E-state index in [1.807, 2.05) is 47.0 Å². The van der Waals surface area contributed by atoms with E-state index in [9.17, 15) is 5.11 Å². The average Bonchev–Trinajstić information content (AvgIpc) is 3.29. The van der Waals surface area contributed by atoms with Crippen LogP contribution in [0.25, 0.3) is 16.9 Å². The number of anilines is 1. The summed E-state index contributed by atoms with van der Waals surface area (Å²) >= 11 is 0. The van der Waals surface area contributed by atoms with E-state index in [2.05, 4.69) is 15.3 Å². The Morgan fingerprint density at radius 2 is 2.04 bits per heavy atom. The van der Waals surface area contributed by atoms with Gasteiger partial charge >= 0.3 is 0 Å². The van der Waals surface area contributed by atoms with Gasteiger partial charge in [-0.05, 0) is 17.7 Å². The number of rotatable bonds is 5. The van der Waals surface area contributed by atoms with Crippen molar-refractivity contribution in [3.05, 3.63) is 72.6 Å². The molecule has 4 rings (SSSR count). The van der Waals surface area contributed by atoms with Crippen LogP contribution >= 0.6 is 0 Å². The molecule has 0 bridgehead atoms. The SMILES string of the molecule is OCc1ccccc1-c1cnc2c(NCc3ccco3)nccn12. The van der Waals surface area contributed by atoms with Gasteiger partial charge in [-0.2, -0.15) is 0 Å². The molecule has 3 heterocycles. The monoisotopic (exact) mass is 320 g/mol. The predicted octanol–water partition coefficient (Wildman–Crippen LogP) is 3.09. The van der Waals surface area contributed by atoms with E-state index in [0.29, 0.717) is 12.4 Å². The number of hydrogen-bond acceptors (Lipinski definition) is 5. The Hall–Kier alpha value is -3.12. The summed E-state index contributed by atoms with van der Waals surface area (Å²) in [5.41, 5.74) is 3.46. The molecule has 120 valence electrons. The largest absolute Gasteiger partial charge is 0.467 e. The van der Waals surface area contributed by atoms with Gasteiger partial charge in [-0.3, -0.25) is 4.40 Å². The van der Waals surface area contributed by atoms with Crippen molar-refractivity contribution in [2.45, 2.75) is 13.2 Å². The average molecular weight is 320 g/mol. The van der Waals surface area contributed by atoms with Crippen molar-refractivity contribution in [3.63, 3.8) is 0 Å². The van der Waals surface area contributed by atoms with E-state index in [-0.39, 0.29) is 6.61 Å². The highest BCUT2D eigenvalue weighted by molar-refractivity contribution is 5.72. The van der Waals surface area contributed by atoms with Gasteiger partial charge < -0.3 is 14.8 Å². The number of hydrogen-bond donors (Lipinski definition) is 2. The minimum atomic E-state index is -0.0158. The zero-order valence-electron chi connectivity index (χ0n) is 12.9.